The van der Waals surface area contributed by atoms with E-state index in [9.17, 15) is 20.1 Å². The number of carbonyl (C=O) groups is 1. The molecule has 28 heavy (non-hydrogen) atoms. The van der Waals surface area contributed by atoms with Crippen LogP contribution in [-0.2, 0) is 4.79 Å². The van der Waals surface area contributed by atoms with Crippen molar-refractivity contribution in [2.75, 3.05) is 13.2 Å². The topological polar surface area (TPSA) is 77.8 Å². The molecular formula is C24H40O4. The van der Waals surface area contributed by atoms with Crippen LogP contribution in [0.4, 0.5) is 0 Å². The lowest BCUT2D eigenvalue weighted by molar-refractivity contribution is -0.139. The zero-order valence-corrected chi connectivity index (χ0v) is 17.9. The highest BCUT2D eigenvalue weighted by molar-refractivity contribution is 5.80. The number of aliphatic hydroxyl groups excluding tert-OH is 3. The Morgan fingerprint density at radius 3 is 2.29 bits per heavy atom. The molecular weight excluding hydrogens is 352 g/mol. The van der Waals surface area contributed by atoms with E-state index in [0.717, 1.165) is 32.1 Å². The second-order valence-corrected chi connectivity index (χ2v) is 11.2. The molecule has 0 spiro atoms. The molecule has 0 aromatic heterocycles. The van der Waals surface area contributed by atoms with Crippen molar-refractivity contribution in [3.8, 4) is 0 Å². The summed E-state index contributed by atoms with van der Waals surface area (Å²) in [6.07, 6.45) is 8.63. The van der Waals surface area contributed by atoms with E-state index < -0.39 is 0 Å². The highest BCUT2D eigenvalue weighted by atomic mass is 16.3. The van der Waals surface area contributed by atoms with Gasteiger partial charge in [-0.1, -0.05) is 13.8 Å². The summed E-state index contributed by atoms with van der Waals surface area (Å²) in [6, 6.07) is 0. The van der Waals surface area contributed by atoms with Crippen LogP contribution in [0.3, 0.4) is 0 Å². The van der Waals surface area contributed by atoms with E-state index in [2.05, 4.69) is 13.8 Å². The van der Waals surface area contributed by atoms with Gasteiger partial charge in [0, 0.05) is 25.0 Å². The monoisotopic (exact) mass is 392 g/mol. The van der Waals surface area contributed by atoms with Crippen molar-refractivity contribution in [3.05, 3.63) is 0 Å². The molecule has 4 nitrogen and oxygen atoms in total. The smallest absolute Gasteiger partial charge is 0.133 e. The maximum absolute atomic E-state index is 12.7. The van der Waals surface area contributed by atoms with E-state index in [0.29, 0.717) is 29.1 Å². The molecule has 0 aromatic carbocycles. The number of hydrogen-bond donors (Lipinski definition) is 3. The summed E-state index contributed by atoms with van der Waals surface area (Å²) in [5.41, 5.74) is 0.346. The SMILES string of the molecule is CC(=O)[C@H]1[C@H](C(CO)CO)C[C@H]2[C@@H]3CC[C@H]4C[C@H](O)CC[C@]4(C)[C@H]3CC[C@@]21C. The Kier molecular flexibility index (Phi) is 5.46. The summed E-state index contributed by atoms with van der Waals surface area (Å²) in [6.45, 7) is 6.50. The number of Topliss-reactive ketones (excluding diaryl/α,β-unsaturated/α-hetero) is 1. The summed E-state index contributed by atoms with van der Waals surface area (Å²) < 4.78 is 0. The van der Waals surface area contributed by atoms with Gasteiger partial charge < -0.3 is 15.3 Å². The van der Waals surface area contributed by atoms with Crippen molar-refractivity contribution in [3.63, 3.8) is 0 Å². The fraction of sp³-hybridized carbons (Fsp3) is 0.958. The maximum Gasteiger partial charge on any atom is 0.133 e. The minimum absolute atomic E-state index is 0.0115. The number of carbonyl (C=O) groups excluding carboxylic acids is 1. The van der Waals surface area contributed by atoms with Gasteiger partial charge in [-0.15, -0.1) is 0 Å². The molecule has 4 aliphatic rings. The van der Waals surface area contributed by atoms with Crippen LogP contribution < -0.4 is 0 Å². The highest BCUT2D eigenvalue weighted by Crippen LogP contribution is 2.69. The van der Waals surface area contributed by atoms with Crippen LogP contribution in [-0.4, -0.2) is 40.4 Å². The number of fused-ring (bicyclic) bond motifs is 5. The summed E-state index contributed by atoms with van der Waals surface area (Å²) in [5, 5.41) is 29.9. The van der Waals surface area contributed by atoms with Gasteiger partial charge in [0.25, 0.3) is 0 Å². The standard InChI is InChI=1S/C24H40O4/c1-14(27)22-19(15(12-25)13-26)11-21-18-5-4-16-10-17(28)6-8-23(16,2)20(18)7-9-24(21,22)3/h15-22,25-26,28H,4-13H2,1-3H3/t16-,17+,18+,19-,20-,21-,22-,23-,24-/m0/s1. The zero-order chi connectivity index (χ0) is 20.3. The first-order chi connectivity index (χ1) is 13.3. The largest absolute Gasteiger partial charge is 0.396 e. The Morgan fingerprint density at radius 1 is 0.964 bits per heavy atom. The molecule has 9 atom stereocenters. The minimum atomic E-state index is -0.175. The lowest BCUT2D eigenvalue weighted by Crippen LogP contribution is -2.54. The molecule has 4 aliphatic carbocycles. The number of aliphatic hydroxyl groups is 3. The van der Waals surface area contributed by atoms with Gasteiger partial charge in [-0.25, -0.2) is 0 Å². The molecule has 0 saturated heterocycles. The zero-order valence-electron chi connectivity index (χ0n) is 17.9. The van der Waals surface area contributed by atoms with Crippen LogP contribution in [0.25, 0.3) is 0 Å². The normalized spacial score (nSPS) is 50.8. The molecule has 3 N–H and O–H groups in total. The fourth-order valence-corrected chi connectivity index (χ4v) is 8.89. The first-order valence-corrected chi connectivity index (χ1v) is 11.7. The van der Waals surface area contributed by atoms with Crippen LogP contribution in [0.2, 0.25) is 0 Å². The van der Waals surface area contributed by atoms with Gasteiger partial charge in [0.1, 0.15) is 5.78 Å². The van der Waals surface area contributed by atoms with Crippen molar-refractivity contribution in [1.29, 1.82) is 0 Å². The van der Waals surface area contributed by atoms with Crippen molar-refractivity contribution < 1.29 is 20.1 Å². The summed E-state index contributed by atoms with van der Waals surface area (Å²) in [5.74, 6) is 2.68. The predicted molar refractivity (Wildman–Crippen MR) is 108 cm³/mol. The lowest BCUT2D eigenvalue weighted by Gasteiger charge is -2.60. The second kappa shape index (κ2) is 7.35. The van der Waals surface area contributed by atoms with Crippen LogP contribution in [0.1, 0.15) is 72.1 Å². The Hall–Kier alpha value is -0.450. The van der Waals surface area contributed by atoms with Gasteiger partial charge in [-0.3, -0.25) is 4.79 Å². The molecule has 4 fully saturated rings. The highest BCUT2D eigenvalue weighted by Gasteiger charge is 2.63. The Morgan fingerprint density at radius 2 is 1.64 bits per heavy atom. The van der Waals surface area contributed by atoms with Crippen LogP contribution in [0.5, 0.6) is 0 Å². The molecule has 4 heteroatoms. The van der Waals surface area contributed by atoms with Gasteiger partial charge >= 0.3 is 0 Å². The van der Waals surface area contributed by atoms with Crippen molar-refractivity contribution in [2.45, 2.75) is 78.2 Å². The van der Waals surface area contributed by atoms with Crippen LogP contribution in [0.15, 0.2) is 0 Å². The van der Waals surface area contributed by atoms with Gasteiger partial charge in [-0.05, 0) is 98.7 Å². The van der Waals surface area contributed by atoms with E-state index in [-0.39, 0.29) is 48.3 Å². The quantitative estimate of drug-likeness (QED) is 0.685. The number of ketones is 1. The third-order valence-corrected chi connectivity index (χ3v) is 10.3. The average molecular weight is 393 g/mol. The summed E-state index contributed by atoms with van der Waals surface area (Å²) in [4.78, 5) is 12.7. The van der Waals surface area contributed by atoms with E-state index in [1.54, 1.807) is 6.92 Å². The summed E-state index contributed by atoms with van der Waals surface area (Å²) >= 11 is 0. The van der Waals surface area contributed by atoms with E-state index in [4.69, 9.17) is 0 Å². The molecule has 0 heterocycles. The molecule has 0 radical (unpaired) electrons. The van der Waals surface area contributed by atoms with Gasteiger partial charge in [0.05, 0.1) is 6.10 Å². The Bertz CT molecular complexity index is 601. The van der Waals surface area contributed by atoms with Crippen molar-refractivity contribution in [2.24, 2.45) is 52.3 Å². The molecule has 0 aliphatic heterocycles. The van der Waals surface area contributed by atoms with E-state index in [1.807, 2.05) is 0 Å². The Balaban J connectivity index is 1.65. The second-order valence-electron chi connectivity index (χ2n) is 11.2. The molecule has 0 aromatic rings. The third-order valence-electron chi connectivity index (χ3n) is 10.3. The molecule has 0 unspecified atom stereocenters. The van der Waals surface area contributed by atoms with Crippen LogP contribution in [0, 0.1) is 52.3 Å². The first-order valence-electron chi connectivity index (χ1n) is 11.7. The number of hydrogen-bond acceptors (Lipinski definition) is 4. The van der Waals surface area contributed by atoms with Crippen molar-refractivity contribution in [1.82, 2.24) is 0 Å². The lowest BCUT2D eigenvalue weighted by atomic mass is 9.44. The fourth-order valence-electron chi connectivity index (χ4n) is 8.89. The molecule has 160 valence electrons. The predicted octanol–water partition coefficient (Wildman–Crippen LogP) is 3.42. The molecule has 4 saturated carbocycles. The molecule has 0 bridgehead atoms. The van der Waals surface area contributed by atoms with E-state index >= 15 is 0 Å². The van der Waals surface area contributed by atoms with Crippen molar-refractivity contribution >= 4 is 5.78 Å². The van der Waals surface area contributed by atoms with E-state index in [1.165, 1.54) is 19.3 Å². The Labute approximate surface area is 170 Å². The molecule has 4 rings (SSSR count). The van der Waals surface area contributed by atoms with Gasteiger partial charge in [-0.2, -0.15) is 0 Å². The molecule has 0 amide bonds. The summed E-state index contributed by atoms with van der Waals surface area (Å²) in [7, 11) is 0. The van der Waals surface area contributed by atoms with Crippen LogP contribution >= 0.6 is 0 Å². The average Bonchev–Trinajstić information content (AvgIpc) is 2.96. The number of rotatable bonds is 4. The maximum atomic E-state index is 12.7. The minimum Gasteiger partial charge on any atom is -0.396 e. The van der Waals surface area contributed by atoms with Gasteiger partial charge in [0.2, 0.25) is 0 Å². The third kappa shape index (κ3) is 2.93. The van der Waals surface area contributed by atoms with Gasteiger partial charge in [0.15, 0.2) is 0 Å². The first kappa shape index (κ1) is 20.8.